The van der Waals surface area contributed by atoms with Crippen LogP contribution in [0.3, 0.4) is 0 Å². The van der Waals surface area contributed by atoms with Crippen LogP contribution in [0.15, 0.2) is 59.6 Å². The number of aliphatic imine (C=N–C) groups is 1. The smallest absolute Gasteiger partial charge is 0.255 e. The van der Waals surface area contributed by atoms with E-state index in [0.29, 0.717) is 24.0 Å². The third-order valence-electron chi connectivity index (χ3n) is 4.42. The highest BCUT2D eigenvalue weighted by atomic mass is 16.5. The Balaban J connectivity index is 1.83. The lowest BCUT2D eigenvalue weighted by atomic mass is 10.0. The largest absolute Gasteiger partial charge is 0.475 e. The Kier molecular flexibility index (Phi) is 4.94. The first-order valence-electron chi connectivity index (χ1n) is 8.35. The molecule has 2 aromatic rings. The van der Waals surface area contributed by atoms with Crippen LogP contribution in [0.25, 0.3) is 0 Å². The second-order valence-corrected chi connectivity index (χ2v) is 6.06. The number of benzene rings is 2. The van der Waals surface area contributed by atoms with Crippen molar-refractivity contribution in [1.82, 2.24) is 0 Å². The minimum Gasteiger partial charge on any atom is -0.475 e. The van der Waals surface area contributed by atoms with E-state index in [9.17, 15) is 4.79 Å². The van der Waals surface area contributed by atoms with Gasteiger partial charge < -0.3 is 10.1 Å². The minimum absolute atomic E-state index is 0.139. The Labute approximate surface area is 142 Å². The van der Waals surface area contributed by atoms with Gasteiger partial charge in [0.1, 0.15) is 6.61 Å². The van der Waals surface area contributed by atoms with Crippen LogP contribution in [-0.2, 0) is 4.74 Å². The third-order valence-corrected chi connectivity index (χ3v) is 4.42. The van der Waals surface area contributed by atoms with Gasteiger partial charge in [0, 0.05) is 5.56 Å². The monoisotopic (exact) mass is 322 g/mol. The van der Waals surface area contributed by atoms with Crippen LogP contribution >= 0.6 is 0 Å². The van der Waals surface area contributed by atoms with Crippen LogP contribution in [0.5, 0.6) is 0 Å². The number of para-hydroxylation sites is 1. The van der Waals surface area contributed by atoms with E-state index in [4.69, 9.17) is 9.73 Å². The molecule has 3 rings (SSSR count). The number of nitrogens with one attached hydrogen (secondary N) is 1. The van der Waals surface area contributed by atoms with E-state index in [-0.39, 0.29) is 11.9 Å². The number of rotatable bonds is 5. The molecule has 0 saturated heterocycles. The molecule has 2 atom stereocenters. The standard InChI is InChI=1S/C20H22N2O2/c1-3-14(2)18-13-24-20(22-18)16-11-7-8-12-17(16)21-19(23)15-9-5-4-6-10-15/h4-12,14,18H,3,13H2,1-2H3,(H,21,23)/t14?,18-/m1/s1. The number of anilines is 1. The summed E-state index contributed by atoms with van der Waals surface area (Å²) in [5, 5.41) is 2.96. The van der Waals surface area contributed by atoms with E-state index in [2.05, 4.69) is 19.2 Å². The molecule has 124 valence electrons. The molecule has 1 amide bonds. The summed E-state index contributed by atoms with van der Waals surface area (Å²) in [5.41, 5.74) is 2.17. The van der Waals surface area contributed by atoms with Gasteiger partial charge in [-0.25, -0.2) is 4.99 Å². The molecule has 0 bridgehead atoms. The summed E-state index contributed by atoms with van der Waals surface area (Å²) in [6, 6.07) is 17.0. The van der Waals surface area contributed by atoms with Gasteiger partial charge in [0.15, 0.2) is 0 Å². The van der Waals surface area contributed by atoms with Gasteiger partial charge in [-0.05, 0) is 30.2 Å². The maximum atomic E-state index is 12.4. The summed E-state index contributed by atoms with van der Waals surface area (Å²) in [4.78, 5) is 17.1. The van der Waals surface area contributed by atoms with Crippen LogP contribution in [0, 0.1) is 5.92 Å². The van der Waals surface area contributed by atoms with Crippen molar-refractivity contribution < 1.29 is 9.53 Å². The zero-order chi connectivity index (χ0) is 16.9. The van der Waals surface area contributed by atoms with Gasteiger partial charge in [0.25, 0.3) is 5.91 Å². The van der Waals surface area contributed by atoms with Gasteiger partial charge >= 0.3 is 0 Å². The molecule has 0 spiro atoms. The van der Waals surface area contributed by atoms with Crippen molar-refractivity contribution in [3.8, 4) is 0 Å². The van der Waals surface area contributed by atoms with Crippen molar-refractivity contribution in [1.29, 1.82) is 0 Å². The Hall–Kier alpha value is -2.62. The number of nitrogens with zero attached hydrogens (tertiary/aromatic N) is 1. The first-order chi connectivity index (χ1) is 11.7. The van der Waals surface area contributed by atoms with Gasteiger partial charge in [-0.2, -0.15) is 0 Å². The summed E-state index contributed by atoms with van der Waals surface area (Å²) < 4.78 is 5.80. The molecule has 1 aliphatic heterocycles. The number of carbonyl (C=O) groups excluding carboxylic acids is 1. The fraction of sp³-hybridized carbons (Fsp3) is 0.300. The van der Waals surface area contributed by atoms with E-state index >= 15 is 0 Å². The quantitative estimate of drug-likeness (QED) is 0.900. The lowest BCUT2D eigenvalue weighted by Crippen LogP contribution is -2.16. The van der Waals surface area contributed by atoms with Gasteiger partial charge in [0.05, 0.1) is 17.3 Å². The molecule has 0 radical (unpaired) electrons. The van der Waals surface area contributed by atoms with Crippen LogP contribution in [0.1, 0.15) is 36.2 Å². The second-order valence-electron chi connectivity index (χ2n) is 6.06. The molecule has 1 heterocycles. The maximum Gasteiger partial charge on any atom is 0.255 e. The molecule has 1 N–H and O–H groups in total. The van der Waals surface area contributed by atoms with Crippen LogP contribution in [0.4, 0.5) is 5.69 Å². The van der Waals surface area contributed by atoms with E-state index < -0.39 is 0 Å². The molecule has 1 unspecified atom stereocenters. The fourth-order valence-corrected chi connectivity index (χ4v) is 2.66. The molecule has 24 heavy (non-hydrogen) atoms. The molecule has 1 aliphatic rings. The van der Waals surface area contributed by atoms with Crippen LogP contribution in [0.2, 0.25) is 0 Å². The van der Waals surface area contributed by atoms with Gasteiger partial charge in [-0.1, -0.05) is 50.6 Å². The highest BCUT2D eigenvalue weighted by molar-refractivity contribution is 6.09. The molecular formula is C20H22N2O2. The predicted molar refractivity (Wildman–Crippen MR) is 96.6 cm³/mol. The lowest BCUT2D eigenvalue weighted by Gasteiger charge is -2.11. The molecule has 0 fully saturated rings. The number of hydrogen-bond donors (Lipinski definition) is 1. The van der Waals surface area contributed by atoms with Gasteiger partial charge in [0.2, 0.25) is 5.90 Å². The molecule has 0 aromatic heterocycles. The van der Waals surface area contributed by atoms with Crippen molar-refractivity contribution >= 4 is 17.5 Å². The average molecular weight is 322 g/mol. The number of hydrogen-bond acceptors (Lipinski definition) is 3. The SMILES string of the molecule is CCC(C)[C@H]1COC(c2ccccc2NC(=O)c2ccccc2)=N1. The summed E-state index contributed by atoms with van der Waals surface area (Å²) in [7, 11) is 0. The van der Waals surface area contributed by atoms with E-state index in [1.165, 1.54) is 0 Å². The molecule has 4 heteroatoms. The van der Waals surface area contributed by atoms with Crippen molar-refractivity contribution in [2.45, 2.75) is 26.3 Å². The third kappa shape index (κ3) is 3.48. The van der Waals surface area contributed by atoms with Crippen molar-refractivity contribution in [2.24, 2.45) is 10.9 Å². The first kappa shape index (κ1) is 16.2. The average Bonchev–Trinajstić information content (AvgIpc) is 3.12. The fourth-order valence-electron chi connectivity index (χ4n) is 2.66. The highest BCUT2D eigenvalue weighted by Gasteiger charge is 2.25. The Morgan fingerprint density at radius 1 is 1.21 bits per heavy atom. The second kappa shape index (κ2) is 7.30. The normalized spacial score (nSPS) is 17.8. The molecule has 2 aromatic carbocycles. The lowest BCUT2D eigenvalue weighted by molar-refractivity contribution is 0.102. The van der Waals surface area contributed by atoms with Crippen molar-refractivity contribution in [3.63, 3.8) is 0 Å². The molecular weight excluding hydrogens is 300 g/mol. The topological polar surface area (TPSA) is 50.7 Å². The van der Waals surface area contributed by atoms with E-state index in [1.807, 2.05) is 42.5 Å². The first-order valence-corrected chi connectivity index (χ1v) is 8.35. The van der Waals surface area contributed by atoms with Crippen LogP contribution in [-0.4, -0.2) is 24.5 Å². The van der Waals surface area contributed by atoms with E-state index in [1.54, 1.807) is 12.1 Å². The summed E-state index contributed by atoms with van der Waals surface area (Å²) in [6.07, 6.45) is 1.07. The Morgan fingerprint density at radius 3 is 2.67 bits per heavy atom. The van der Waals surface area contributed by atoms with Gasteiger partial charge in [-0.3, -0.25) is 4.79 Å². The number of ether oxygens (including phenoxy) is 1. The Bertz CT molecular complexity index is 740. The Morgan fingerprint density at radius 2 is 1.92 bits per heavy atom. The summed E-state index contributed by atoms with van der Waals surface area (Å²) in [5.74, 6) is 0.956. The minimum atomic E-state index is -0.139. The molecule has 4 nitrogen and oxygen atoms in total. The number of amides is 1. The van der Waals surface area contributed by atoms with Gasteiger partial charge in [-0.15, -0.1) is 0 Å². The molecule has 0 aliphatic carbocycles. The van der Waals surface area contributed by atoms with Crippen molar-refractivity contribution in [3.05, 3.63) is 65.7 Å². The van der Waals surface area contributed by atoms with Crippen LogP contribution < -0.4 is 5.32 Å². The maximum absolute atomic E-state index is 12.4. The van der Waals surface area contributed by atoms with Crippen molar-refractivity contribution in [2.75, 3.05) is 11.9 Å². The highest BCUT2D eigenvalue weighted by Crippen LogP contribution is 2.24. The predicted octanol–water partition coefficient (Wildman–Crippen LogP) is 4.13. The zero-order valence-corrected chi connectivity index (χ0v) is 14.0. The molecule has 0 saturated carbocycles. The summed E-state index contributed by atoms with van der Waals surface area (Å²) >= 11 is 0. The zero-order valence-electron chi connectivity index (χ0n) is 14.0. The summed E-state index contributed by atoms with van der Waals surface area (Å²) in [6.45, 7) is 4.95. The number of carbonyl (C=O) groups is 1. The van der Waals surface area contributed by atoms with E-state index in [0.717, 1.165) is 17.7 Å².